The predicted molar refractivity (Wildman–Crippen MR) is 130 cm³/mol. The average Bonchev–Trinajstić information content (AvgIpc) is 2.85. The lowest BCUT2D eigenvalue weighted by Crippen LogP contribution is -2.53. The normalized spacial score (nSPS) is 19.5. The minimum absolute atomic E-state index is 0.205. The van der Waals surface area contributed by atoms with Crippen LogP contribution in [-0.2, 0) is 11.0 Å². The van der Waals surface area contributed by atoms with Crippen LogP contribution in [0.15, 0.2) is 48.5 Å². The first-order chi connectivity index (χ1) is 16.7. The Balaban J connectivity index is 1.34. The quantitative estimate of drug-likeness (QED) is 0.662. The number of urea groups is 1. The molecule has 2 aromatic rings. The molecule has 10 heteroatoms. The van der Waals surface area contributed by atoms with E-state index in [9.17, 15) is 22.8 Å². The molecule has 2 aromatic carbocycles. The summed E-state index contributed by atoms with van der Waals surface area (Å²) in [6, 6.07) is 10.7. The zero-order valence-electron chi connectivity index (χ0n) is 19.6. The van der Waals surface area contributed by atoms with Gasteiger partial charge in [0.2, 0.25) is 5.91 Å². The molecule has 3 amide bonds. The first-order valence-electron chi connectivity index (χ1n) is 11.9. The standard InChI is InChI=1S/C25H30F3N5O2/c1-2-31-14-16-32(17-15-31)20-9-11-21(12-10-20)33-13-3-4-22(23(33)34)30-24(35)29-19-7-5-18(6-8-19)25(26,27)28/h5-12,22H,2-4,13-17H2,1H3,(H2,29,30,35)/t22-/m1/s1. The number of likely N-dealkylation sites (N-methyl/N-ethyl adjacent to an activating group) is 1. The number of hydrogen-bond acceptors (Lipinski definition) is 4. The van der Waals surface area contributed by atoms with Crippen molar-refractivity contribution in [1.29, 1.82) is 0 Å². The minimum atomic E-state index is -4.44. The Hall–Kier alpha value is -3.27. The van der Waals surface area contributed by atoms with Crippen LogP contribution in [0.2, 0.25) is 0 Å². The van der Waals surface area contributed by atoms with Crippen molar-refractivity contribution in [3.05, 3.63) is 54.1 Å². The maximum absolute atomic E-state index is 13.1. The molecule has 0 bridgehead atoms. The minimum Gasteiger partial charge on any atom is -0.369 e. The van der Waals surface area contributed by atoms with E-state index in [1.54, 1.807) is 4.90 Å². The summed E-state index contributed by atoms with van der Waals surface area (Å²) in [6.07, 6.45) is -3.23. The number of amides is 3. The van der Waals surface area contributed by atoms with Gasteiger partial charge in [-0.15, -0.1) is 0 Å². The molecule has 0 aromatic heterocycles. The number of carbonyl (C=O) groups is 2. The molecule has 2 saturated heterocycles. The molecular formula is C25H30F3N5O2. The van der Waals surface area contributed by atoms with Crippen molar-refractivity contribution in [2.75, 3.05) is 54.4 Å². The Morgan fingerprint density at radius 3 is 2.17 bits per heavy atom. The molecule has 0 spiro atoms. The number of anilines is 3. The van der Waals surface area contributed by atoms with E-state index in [2.05, 4.69) is 27.4 Å². The maximum atomic E-state index is 13.1. The van der Waals surface area contributed by atoms with Crippen LogP contribution < -0.4 is 20.4 Å². The molecular weight excluding hydrogens is 459 g/mol. The van der Waals surface area contributed by atoms with Crippen LogP contribution in [0.25, 0.3) is 0 Å². The number of benzene rings is 2. The highest BCUT2D eigenvalue weighted by Crippen LogP contribution is 2.30. The van der Waals surface area contributed by atoms with E-state index >= 15 is 0 Å². The Labute approximate surface area is 202 Å². The molecule has 35 heavy (non-hydrogen) atoms. The first kappa shape index (κ1) is 24.8. The molecule has 2 fully saturated rings. The van der Waals surface area contributed by atoms with Gasteiger partial charge in [0.05, 0.1) is 5.56 Å². The van der Waals surface area contributed by atoms with Gasteiger partial charge in [-0.05, 0) is 67.9 Å². The van der Waals surface area contributed by atoms with E-state index in [0.717, 1.165) is 62.7 Å². The number of rotatable bonds is 5. The van der Waals surface area contributed by atoms with Gasteiger partial charge in [0.1, 0.15) is 6.04 Å². The SMILES string of the molecule is CCN1CCN(c2ccc(N3CCC[C@@H](NC(=O)Nc4ccc(C(F)(F)F)cc4)C3=O)cc2)CC1. The van der Waals surface area contributed by atoms with Gasteiger partial charge in [0.15, 0.2) is 0 Å². The second-order valence-corrected chi connectivity index (χ2v) is 8.80. The van der Waals surface area contributed by atoms with Crippen LogP contribution in [0.3, 0.4) is 0 Å². The summed E-state index contributed by atoms with van der Waals surface area (Å²) >= 11 is 0. The third-order valence-electron chi connectivity index (χ3n) is 6.56. The van der Waals surface area contributed by atoms with Gasteiger partial charge in [-0.3, -0.25) is 4.79 Å². The number of nitrogens with one attached hydrogen (secondary N) is 2. The van der Waals surface area contributed by atoms with Crippen molar-refractivity contribution in [2.24, 2.45) is 0 Å². The molecule has 2 aliphatic rings. The zero-order chi connectivity index (χ0) is 25.0. The molecule has 0 unspecified atom stereocenters. The number of alkyl halides is 3. The van der Waals surface area contributed by atoms with Crippen LogP contribution in [0.1, 0.15) is 25.3 Å². The van der Waals surface area contributed by atoms with E-state index in [-0.39, 0.29) is 11.6 Å². The lowest BCUT2D eigenvalue weighted by atomic mass is 10.0. The van der Waals surface area contributed by atoms with Crippen molar-refractivity contribution >= 4 is 29.0 Å². The molecule has 7 nitrogen and oxygen atoms in total. The van der Waals surface area contributed by atoms with Crippen molar-refractivity contribution < 1.29 is 22.8 Å². The summed E-state index contributed by atoms with van der Waals surface area (Å²) < 4.78 is 38.1. The van der Waals surface area contributed by atoms with E-state index < -0.39 is 23.8 Å². The predicted octanol–water partition coefficient (Wildman–Crippen LogP) is 4.16. The van der Waals surface area contributed by atoms with Gasteiger partial charge in [-0.1, -0.05) is 6.92 Å². The second-order valence-electron chi connectivity index (χ2n) is 8.80. The van der Waals surface area contributed by atoms with Crippen molar-refractivity contribution in [2.45, 2.75) is 32.0 Å². The van der Waals surface area contributed by atoms with Crippen LogP contribution in [0.5, 0.6) is 0 Å². The average molecular weight is 490 g/mol. The number of hydrogen-bond donors (Lipinski definition) is 2. The number of nitrogens with zero attached hydrogens (tertiary/aromatic N) is 3. The molecule has 0 saturated carbocycles. The smallest absolute Gasteiger partial charge is 0.369 e. The number of piperazine rings is 1. The third-order valence-corrected chi connectivity index (χ3v) is 6.56. The van der Waals surface area contributed by atoms with E-state index in [1.165, 1.54) is 12.1 Å². The highest BCUT2D eigenvalue weighted by atomic mass is 19.4. The van der Waals surface area contributed by atoms with Gasteiger partial charge in [0.25, 0.3) is 0 Å². The van der Waals surface area contributed by atoms with Crippen LogP contribution in [0.4, 0.5) is 35.0 Å². The third kappa shape index (κ3) is 6.05. The Bertz CT molecular complexity index is 1020. The van der Waals surface area contributed by atoms with E-state index in [4.69, 9.17) is 0 Å². The molecule has 2 aliphatic heterocycles. The molecule has 0 aliphatic carbocycles. The Morgan fingerprint density at radius 2 is 1.57 bits per heavy atom. The summed E-state index contributed by atoms with van der Waals surface area (Å²) in [6.45, 7) is 7.79. The summed E-state index contributed by atoms with van der Waals surface area (Å²) in [5, 5.41) is 5.16. The number of carbonyl (C=O) groups excluding carboxylic acids is 2. The van der Waals surface area contributed by atoms with Crippen molar-refractivity contribution in [3.63, 3.8) is 0 Å². The lowest BCUT2D eigenvalue weighted by molar-refractivity contribution is -0.137. The fourth-order valence-corrected chi connectivity index (χ4v) is 4.50. The topological polar surface area (TPSA) is 67.9 Å². The fourth-order valence-electron chi connectivity index (χ4n) is 4.50. The monoisotopic (exact) mass is 489 g/mol. The highest BCUT2D eigenvalue weighted by molar-refractivity contribution is 6.01. The maximum Gasteiger partial charge on any atom is 0.416 e. The van der Waals surface area contributed by atoms with Gasteiger partial charge in [0, 0.05) is 49.8 Å². The molecule has 188 valence electrons. The largest absolute Gasteiger partial charge is 0.416 e. The lowest BCUT2D eigenvalue weighted by Gasteiger charge is -2.36. The molecule has 2 N–H and O–H groups in total. The second kappa shape index (κ2) is 10.6. The van der Waals surface area contributed by atoms with Gasteiger partial charge >= 0.3 is 12.2 Å². The van der Waals surface area contributed by atoms with E-state index in [0.29, 0.717) is 13.0 Å². The van der Waals surface area contributed by atoms with Gasteiger partial charge in [-0.2, -0.15) is 13.2 Å². The first-order valence-corrected chi connectivity index (χ1v) is 11.9. The van der Waals surface area contributed by atoms with E-state index in [1.807, 2.05) is 24.3 Å². The van der Waals surface area contributed by atoms with Crippen LogP contribution in [-0.4, -0.2) is 62.1 Å². The van der Waals surface area contributed by atoms with Crippen LogP contribution >= 0.6 is 0 Å². The highest BCUT2D eigenvalue weighted by Gasteiger charge is 2.32. The zero-order valence-corrected chi connectivity index (χ0v) is 19.6. The Morgan fingerprint density at radius 1 is 0.943 bits per heavy atom. The fraction of sp³-hybridized carbons (Fsp3) is 0.440. The summed E-state index contributed by atoms with van der Waals surface area (Å²) in [4.78, 5) is 31.9. The molecule has 1 atom stereocenters. The van der Waals surface area contributed by atoms with Crippen molar-refractivity contribution in [1.82, 2.24) is 10.2 Å². The summed E-state index contributed by atoms with van der Waals surface area (Å²) in [5.41, 5.74) is 1.32. The number of halogens is 3. The van der Waals surface area contributed by atoms with Gasteiger partial charge in [-0.25, -0.2) is 4.79 Å². The summed E-state index contributed by atoms with van der Waals surface area (Å²) in [5.74, 6) is -0.205. The molecule has 0 radical (unpaired) electrons. The molecule has 2 heterocycles. The summed E-state index contributed by atoms with van der Waals surface area (Å²) in [7, 11) is 0. The van der Waals surface area contributed by atoms with Crippen molar-refractivity contribution in [3.8, 4) is 0 Å². The van der Waals surface area contributed by atoms with Gasteiger partial charge < -0.3 is 25.3 Å². The Kier molecular flexibility index (Phi) is 7.49. The number of piperidine rings is 1. The molecule has 4 rings (SSSR count). The van der Waals surface area contributed by atoms with Crippen LogP contribution in [0, 0.1) is 0 Å².